The van der Waals surface area contributed by atoms with Crippen molar-refractivity contribution >= 4 is 16.8 Å². The summed E-state index contributed by atoms with van der Waals surface area (Å²) in [6, 6.07) is 10.1. The fraction of sp³-hybridized carbons (Fsp3) is 0.486. The van der Waals surface area contributed by atoms with Crippen molar-refractivity contribution in [3.05, 3.63) is 82.8 Å². The summed E-state index contributed by atoms with van der Waals surface area (Å²) in [5.74, 6) is 0.451. The molecule has 2 aromatic carbocycles. The molecule has 2 heterocycles. The van der Waals surface area contributed by atoms with Gasteiger partial charge in [0.25, 0.3) is 0 Å². The lowest BCUT2D eigenvalue weighted by atomic mass is 9.90. The normalized spacial score (nSPS) is 19.8. The first-order chi connectivity index (χ1) is 21.4. The quantitative estimate of drug-likeness (QED) is 0.149. The van der Waals surface area contributed by atoms with Crippen LogP contribution in [-0.4, -0.2) is 41.7 Å². The van der Waals surface area contributed by atoms with Crippen molar-refractivity contribution < 1.29 is 27.4 Å². The van der Waals surface area contributed by atoms with E-state index in [-0.39, 0.29) is 37.2 Å². The van der Waals surface area contributed by atoms with Gasteiger partial charge in [-0.25, -0.2) is 4.98 Å². The molecule has 0 spiro atoms. The summed E-state index contributed by atoms with van der Waals surface area (Å²) in [7, 11) is 1.23. The molecule has 240 valence electrons. The fourth-order valence-corrected chi connectivity index (χ4v) is 6.55. The number of carbonyl (C=O) groups excluding carboxylic acids is 1. The summed E-state index contributed by atoms with van der Waals surface area (Å²) in [6.45, 7) is 10.9. The van der Waals surface area contributed by atoms with Crippen LogP contribution in [0.25, 0.3) is 22.3 Å². The van der Waals surface area contributed by atoms with Crippen molar-refractivity contribution in [2.45, 2.75) is 90.8 Å². The molecule has 1 saturated heterocycles. The van der Waals surface area contributed by atoms with Crippen molar-refractivity contribution in [2.24, 2.45) is 11.3 Å². The van der Waals surface area contributed by atoms with E-state index in [1.807, 2.05) is 25.1 Å². The minimum absolute atomic E-state index is 0.0121. The number of fused-ring (bicyclic) bond motifs is 1. The Labute approximate surface area is 263 Å². The molecule has 1 aromatic heterocycles. The van der Waals surface area contributed by atoms with Crippen molar-refractivity contribution in [3.8, 4) is 11.3 Å². The number of carbonyl (C=O) groups is 1. The molecule has 1 saturated carbocycles. The van der Waals surface area contributed by atoms with E-state index < -0.39 is 11.6 Å². The number of nitrogens with zero attached hydrogens (tertiary/aromatic N) is 2. The van der Waals surface area contributed by atoms with Crippen LogP contribution in [0.15, 0.2) is 60.5 Å². The number of aryl methyl sites for hydroxylation is 3. The maximum Gasteiger partial charge on any atom is 0.401 e. The zero-order chi connectivity index (χ0) is 32.4. The van der Waals surface area contributed by atoms with Crippen molar-refractivity contribution in [3.63, 3.8) is 0 Å². The SMILES string of the molecule is C=C(/C=C(\OC)C1(C(F)(F)F)CC1)CC(=O)Cc1ccc(-c2cnc3cc(CCCC4CCOC(C)C4)c(C)cc3n2)cc1C. The van der Waals surface area contributed by atoms with Gasteiger partial charge in [-0.3, -0.25) is 9.78 Å². The summed E-state index contributed by atoms with van der Waals surface area (Å²) >= 11 is 0. The maximum absolute atomic E-state index is 13.5. The van der Waals surface area contributed by atoms with Crippen LogP contribution >= 0.6 is 0 Å². The number of hydrogen-bond acceptors (Lipinski definition) is 5. The molecule has 1 aliphatic carbocycles. The van der Waals surface area contributed by atoms with Crippen LogP contribution in [0.3, 0.4) is 0 Å². The van der Waals surface area contributed by atoms with E-state index in [1.54, 1.807) is 6.20 Å². The van der Waals surface area contributed by atoms with E-state index >= 15 is 0 Å². The lowest BCUT2D eigenvalue weighted by Gasteiger charge is -2.27. The van der Waals surface area contributed by atoms with Gasteiger partial charge in [0.1, 0.15) is 17.0 Å². The summed E-state index contributed by atoms with van der Waals surface area (Å²) in [5, 5.41) is 0. The van der Waals surface area contributed by atoms with E-state index in [9.17, 15) is 18.0 Å². The van der Waals surface area contributed by atoms with Gasteiger partial charge >= 0.3 is 6.18 Å². The Kier molecular flexibility index (Phi) is 9.83. The van der Waals surface area contributed by atoms with Gasteiger partial charge in [-0.15, -0.1) is 0 Å². The molecule has 0 amide bonds. The van der Waals surface area contributed by atoms with Gasteiger partial charge in [0, 0.05) is 25.0 Å². The molecular weight excluding hydrogens is 577 g/mol. The lowest BCUT2D eigenvalue weighted by Crippen LogP contribution is -2.27. The third-order valence-corrected chi connectivity index (χ3v) is 9.42. The maximum atomic E-state index is 13.5. The number of hydrogen-bond donors (Lipinski definition) is 0. The van der Waals surface area contributed by atoms with Gasteiger partial charge < -0.3 is 9.47 Å². The summed E-state index contributed by atoms with van der Waals surface area (Å²) in [4.78, 5) is 22.5. The predicted octanol–water partition coefficient (Wildman–Crippen LogP) is 8.98. The van der Waals surface area contributed by atoms with Crippen LogP contribution < -0.4 is 0 Å². The van der Waals surface area contributed by atoms with E-state index in [2.05, 4.69) is 32.6 Å². The highest BCUT2D eigenvalue weighted by atomic mass is 19.4. The molecule has 1 aliphatic heterocycles. The number of Topliss-reactive ketones (excluding diaryl/α,β-unsaturated/α-hetero) is 1. The second-order valence-corrected chi connectivity index (χ2v) is 13.0. The van der Waals surface area contributed by atoms with E-state index in [1.165, 1.54) is 30.7 Å². The Morgan fingerprint density at radius 2 is 1.89 bits per heavy atom. The molecular formula is C37H43F3N2O3. The van der Waals surface area contributed by atoms with Gasteiger partial charge in [-0.2, -0.15) is 13.2 Å². The number of rotatable bonds is 12. The number of aromatic nitrogens is 2. The average molecular weight is 621 g/mol. The predicted molar refractivity (Wildman–Crippen MR) is 171 cm³/mol. The van der Waals surface area contributed by atoms with Gasteiger partial charge in [0.05, 0.1) is 36.1 Å². The van der Waals surface area contributed by atoms with Crippen LogP contribution in [0.1, 0.15) is 74.1 Å². The summed E-state index contributed by atoms with van der Waals surface area (Å²) < 4.78 is 51.3. The summed E-state index contributed by atoms with van der Waals surface area (Å²) in [6.07, 6.45) is 4.86. The Morgan fingerprint density at radius 3 is 2.56 bits per heavy atom. The molecule has 2 aliphatic rings. The van der Waals surface area contributed by atoms with Gasteiger partial charge in [0.2, 0.25) is 0 Å². The Balaban J connectivity index is 1.21. The van der Waals surface area contributed by atoms with Crippen molar-refractivity contribution in [1.29, 1.82) is 0 Å². The van der Waals surface area contributed by atoms with Crippen LogP contribution in [0.2, 0.25) is 0 Å². The zero-order valence-electron chi connectivity index (χ0n) is 26.7. The van der Waals surface area contributed by atoms with Gasteiger partial charge in [-0.05, 0) is 124 Å². The number of allylic oxidation sites excluding steroid dienone is 3. The molecule has 8 heteroatoms. The number of alkyl halides is 3. The minimum atomic E-state index is -4.39. The highest BCUT2D eigenvalue weighted by Gasteiger charge is 2.66. The molecule has 3 aromatic rings. The number of ether oxygens (including phenoxy) is 2. The Hall–Kier alpha value is -3.52. The van der Waals surface area contributed by atoms with Crippen LogP contribution in [0.4, 0.5) is 13.2 Å². The van der Waals surface area contributed by atoms with E-state index in [4.69, 9.17) is 19.4 Å². The third kappa shape index (κ3) is 7.66. The second kappa shape index (κ2) is 13.5. The molecule has 0 radical (unpaired) electrons. The highest BCUT2D eigenvalue weighted by Crippen LogP contribution is 2.62. The standard InChI is InChI=1S/C37H43F3N2O3/c1-23(16-35(44-5)36(12-13-36)37(38,39)40)15-31(43)20-29-9-10-30(17-24(29)2)34-22-41-32-21-28(25(3)18-33(32)42-34)8-6-7-27-11-14-45-26(4)19-27/h9-10,16-18,21-22,26-27H,1,6-8,11-15,19-20H2,2-5H3/b35-16-. The molecule has 45 heavy (non-hydrogen) atoms. The zero-order valence-corrected chi connectivity index (χ0v) is 26.7. The van der Waals surface area contributed by atoms with Crippen LogP contribution in [0.5, 0.6) is 0 Å². The molecule has 0 bridgehead atoms. The largest absolute Gasteiger partial charge is 0.500 e. The number of methoxy groups -OCH3 is 1. The Bertz CT molecular complexity index is 1610. The first kappa shape index (κ1) is 32.9. The van der Waals surface area contributed by atoms with Gasteiger partial charge in [0.15, 0.2) is 0 Å². The fourth-order valence-electron chi connectivity index (χ4n) is 6.55. The van der Waals surface area contributed by atoms with Crippen molar-refractivity contribution in [2.75, 3.05) is 13.7 Å². The topological polar surface area (TPSA) is 61.3 Å². The number of halogens is 3. The van der Waals surface area contributed by atoms with Crippen molar-refractivity contribution in [1.82, 2.24) is 9.97 Å². The number of ketones is 1. The lowest BCUT2D eigenvalue weighted by molar-refractivity contribution is -0.184. The minimum Gasteiger partial charge on any atom is -0.500 e. The first-order valence-corrected chi connectivity index (χ1v) is 15.9. The molecule has 5 rings (SSSR count). The molecule has 2 fully saturated rings. The molecule has 2 unspecified atom stereocenters. The van der Waals surface area contributed by atoms with Crippen LogP contribution in [0, 0.1) is 25.2 Å². The average Bonchev–Trinajstić information content (AvgIpc) is 3.79. The summed E-state index contributed by atoms with van der Waals surface area (Å²) in [5.41, 5.74) is 6.08. The number of benzene rings is 2. The molecule has 2 atom stereocenters. The Morgan fingerprint density at radius 1 is 1.13 bits per heavy atom. The monoisotopic (exact) mass is 620 g/mol. The first-order valence-electron chi connectivity index (χ1n) is 15.9. The van der Waals surface area contributed by atoms with E-state index in [0.29, 0.717) is 11.7 Å². The van der Waals surface area contributed by atoms with E-state index in [0.717, 1.165) is 71.6 Å². The highest BCUT2D eigenvalue weighted by molar-refractivity contribution is 5.84. The second-order valence-electron chi connectivity index (χ2n) is 13.0. The molecule has 5 nitrogen and oxygen atoms in total. The third-order valence-electron chi connectivity index (χ3n) is 9.42. The molecule has 0 N–H and O–H groups in total. The van der Waals surface area contributed by atoms with Crippen LogP contribution in [-0.2, 0) is 27.1 Å². The van der Waals surface area contributed by atoms with Gasteiger partial charge in [-0.1, -0.05) is 18.7 Å². The smallest absolute Gasteiger partial charge is 0.401 e.